The molecule has 2 aromatic carbocycles. The first-order valence-corrected chi connectivity index (χ1v) is 7.12. The minimum atomic E-state index is -0.0138. The van der Waals surface area contributed by atoms with Crippen molar-refractivity contribution >= 4 is 5.69 Å². The van der Waals surface area contributed by atoms with Crippen LogP contribution < -0.4 is 5.73 Å². The quantitative estimate of drug-likeness (QED) is 0.748. The van der Waals surface area contributed by atoms with E-state index in [0.29, 0.717) is 0 Å². The topological polar surface area (TPSA) is 56.7 Å². The number of rotatable bonds is 3. The van der Waals surface area contributed by atoms with E-state index in [9.17, 15) is 0 Å². The Kier molecular flexibility index (Phi) is 2.57. The zero-order chi connectivity index (χ0) is 14.3. The highest BCUT2D eigenvalue weighted by Crippen LogP contribution is 2.53. The summed E-state index contributed by atoms with van der Waals surface area (Å²) in [5.74, 6) is 1.01. The molecule has 0 atom stereocenters. The van der Waals surface area contributed by atoms with E-state index in [0.717, 1.165) is 30.0 Å². The molecule has 104 valence electrons. The van der Waals surface area contributed by atoms with Crippen LogP contribution in [0.2, 0.25) is 0 Å². The number of hydrogen-bond donors (Lipinski definition) is 1. The van der Waals surface area contributed by atoms with Crippen LogP contribution in [0.5, 0.6) is 0 Å². The zero-order valence-electron chi connectivity index (χ0n) is 11.6. The van der Waals surface area contributed by atoms with Gasteiger partial charge in [-0.3, -0.25) is 4.57 Å². The van der Waals surface area contributed by atoms with E-state index in [1.54, 1.807) is 6.33 Å². The van der Waals surface area contributed by atoms with E-state index in [4.69, 9.17) is 5.73 Å². The Hall–Kier alpha value is -2.62. The third-order valence-corrected chi connectivity index (χ3v) is 4.22. The molecule has 0 spiro atoms. The molecule has 1 heterocycles. The molecule has 0 unspecified atom stereocenters. The summed E-state index contributed by atoms with van der Waals surface area (Å²) in [5, 5.41) is 8.54. The van der Waals surface area contributed by atoms with E-state index in [1.807, 2.05) is 30.3 Å². The Morgan fingerprint density at radius 2 is 1.67 bits per heavy atom. The number of aromatic nitrogens is 3. The summed E-state index contributed by atoms with van der Waals surface area (Å²) in [6, 6.07) is 18.3. The third kappa shape index (κ3) is 1.91. The molecule has 1 aliphatic carbocycles. The smallest absolute Gasteiger partial charge is 0.148 e. The first-order chi connectivity index (χ1) is 10.3. The Morgan fingerprint density at radius 1 is 0.952 bits per heavy atom. The molecule has 1 aliphatic rings. The summed E-state index contributed by atoms with van der Waals surface area (Å²) in [4.78, 5) is 0. The van der Waals surface area contributed by atoms with Gasteiger partial charge in [0.05, 0.1) is 5.41 Å². The fraction of sp³-hybridized carbons (Fsp3) is 0.176. The van der Waals surface area contributed by atoms with Crippen LogP contribution in [-0.2, 0) is 5.41 Å². The first kappa shape index (κ1) is 12.1. The van der Waals surface area contributed by atoms with Crippen LogP contribution in [-0.4, -0.2) is 14.8 Å². The summed E-state index contributed by atoms with van der Waals surface area (Å²) in [6.07, 6.45) is 3.99. The normalized spacial score (nSPS) is 15.8. The van der Waals surface area contributed by atoms with Crippen LogP contribution in [0.25, 0.3) is 5.69 Å². The largest absolute Gasteiger partial charge is 0.399 e. The summed E-state index contributed by atoms with van der Waals surface area (Å²) >= 11 is 0. The van der Waals surface area contributed by atoms with Gasteiger partial charge in [-0.05, 0) is 42.7 Å². The van der Waals surface area contributed by atoms with Gasteiger partial charge in [-0.1, -0.05) is 30.3 Å². The third-order valence-electron chi connectivity index (χ3n) is 4.22. The van der Waals surface area contributed by atoms with Crippen LogP contribution in [0.3, 0.4) is 0 Å². The molecule has 1 saturated carbocycles. The van der Waals surface area contributed by atoms with Crippen molar-refractivity contribution in [1.82, 2.24) is 14.8 Å². The highest BCUT2D eigenvalue weighted by molar-refractivity contribution is 5.48. The van der Waals surface area contributed by atoms with Crippen LogP contribution in [0.4, 0.5) is 5.69 Å². The Morgan fingerprint density at radius 3 is 2.33 bits per heavy atom. The molecule has 21 heavy (non-hydrogen) atoms. The monoisotopic (exact) mass is 276 g/mol. The van der Waals surface area contributed by atoms with Gasteiger partial charge in [0.15, 0.2) is 0 Å². The molecule has 2 N–H and O–H groups in total. The van der Waals surface area contributed by atoms with Gasteiger partial charge in [0.2, 0.25) is 0 Å². The number of nitrogens with zero attached hydrogens (tertiary/aromatic N) is 3. The van der Waals surface area contributed by atoms with Gasteiger partial charge in [-0.2, -0.15) is 0 Å². The minimum Gasteiger partial charge on any atom is -0.399 e. The molecule has 0 saturated heterocycles. The first-order valence-electron chi connectivity index (χ1n) is 7.12. The van der Waals surface area contributed by atoms with Gasteiger partial charge in [0, 0.05) is 11.4 Å². The lowest BCUT2D eigenvalue weighted by atomic mass is 9.94. The lowest BCUT2D eigenvalue weighted by Crippen LogP contribution is -2.15. The van der Waals surface area contributed by atoms with Gasteiger partial charge in [0.1, 0.15) is 12.2 Å². The van der Waals surface area contributed by atoms with Crippen molar-refractivity contribution in [1.29, 1.82) is 0 Å². The van der Waals surface area contributed by atoms with E-state index in [-0.39, 0.29) is 5.41 Å². The average molecular weight is 276 g/mol. The van der Waals surface area contributed by atoms with E-state index >= 15 is 0 Å². The Labute approximate surface area is 123 Å². The molecule has 0 amide bonds. The fourth-order valence-electron chi connectivity index (χ4n) is 2.91. The number of anilines is 1. The molecule has 0 radical (unpaired) electrons. The van der Waals surface area contributed by atoms with Crippen molar-refractivity contribution in [2.24, 2.45) is 0 Å². The maximum atomic E-state index is 5.80. The predicted octanol–water partition coefficient (Wildman–Crippen LogP) is 2.93. The highest BCUT2D eigenvalue weighted by atomic mass is 15.3. The standard InChI is InChI=1S/C17H16N4/c18-14-8-6-13(7-9-14)17(10-11-17)16-20-19-12-21(16)15-4-2-1-3-5-15/h1-9,12H,10-11,18H2. The number of para-hydroxylation sites is 1. The number of nitrogen functional groups attached to an aromatic ring is 1. The molecule has 0 aliphatic heterocycles. The van der Waals surface area contributed by atoms with Gasteiger partial charge in [0.25, 0.3) is 0 Å². The van der Waals surface area contributed by atoms with Gasteiger partial charge < -0.3 is 5.73 Å². The van der Waals surface area contributed by atoms with Crippen molar-refractivity contribution in [3.8, 4) is 5.69 Å². The second-order valence-corrected chi connectivity index (χ2v) is 5.56. The van der Waals surface area contributed by atoms with E-state index in [1.165, 1.54) is 5.56 Å². The minimum absolute atomic E-state index is 0.0138. The summed E-state index contributed by atoms with van der Waals surface area (Å²) < 4.78 is 2.09. The van der Waals surface area contributed by atoms with Crippen LogP contribution in [0, 0.1) is 0 Å². The molecule has 4 rings (SSSR count). The molecular formula is C17H16N4. The zero-order valence-corrected chi connectivity index (χ0v) is 11.6. The highest BCUT2D eigenvalue weighted by Gasteiger charge is 2.49. The predicted molar refractivity (Wildman–Crippen MR) is 82.2 cm³/mol. The van der Waals surface area contributed by atoms with E-state index < -0.39 is 0 Å². The van der Waals surface area contributed by atoms with Gasteiger partial charge in [-0.15, -0.1) is 10.2 Å². The second-order valence-electron chi connectivity index (χ2n) is 5.56. The number of nitrogens with two attached hydrogens (primary N) is 1. The molecule has 1 fully saturated rings. The number of hydrogen-bond acceptors (Lipinski definition) is 3. The van der Waals surface area contributed by atoms with Gasteiger partial charge >= 0.3 is 0 Å². The average Bonchev–Trinajstić information content (AvgIpc) is 3.18. The lowest BCUT2D eigenvalue weighted by Gasteiger charge is -2.16. The number of benzene rings is 2. The second kappa shape index (κ2) is 4.45. The Balaban J connectivity index is 1.81. The summed E-state index contributed by atoms with van der Waals surface area (Å²) in [7, 11) is 0. The van der Waals surface area contributed by atoms with Gasteiger partial charge in [-0.25, -0.2) is 0 Å². The van der Waals surface area contributed by atoms with Crippen molar-refractivity contribution in [2.45, 2.75) is 18.3 Å². The summed E-state index contributed by atoms with van der Waals surface area (Å²) in [5.41, 5.74) is 8.94. The van der Waals surface area contributed by atoms with E-state index in [2.05, 4.69) is 39.0 Å². The lowest BCUT2D eigenvalue weighted by molar-refractivity contribution is 0.727. The molecule has 4 nitrogen and oxygen atoms in total. The van der Waals surface area contributed by atoms with Crippen LogP contribution >= 0.6 is 0 Å². The van der Waals surface area contributed by atoms with Crippen LogP contribution in [0.1, 0.15) is 24.2 Å². The molecule has 3 aromatic rings. The van der Waals surface area contributed by atoms with Crippen molar-refractivity contribution < 1.29 is 0 Å². The summed E-state index contributed by atoms with van der Waals surface area (Å²) in [6.45, 7) is 0. The molecule has 4 heteroatoms. The van der Waals surface area contributed by atoms with Crippen molar-refractivity contribution in [3.05, 3.63) is 72.3 Å². The maximum absolute atomic E-state index is 5.80. The van der Waals surface area contributed by atoms with Crippen molar-refractivity contribution in [3.63, 3.8) is 0 Å². The van der Waals surface area contributed by atoms with Crippen molar-refractivity contribution in [2.75, 3.05) is 5.73 Å². The Bertz CT molecular complexity index is 755. The molecule has 1 aromatic heterocycles. The fourth-order valence-corrected chi connectivity index (χ4v) is 2.91. The maximum Gasteiger partial charge on any atom is 0.148 e. The van der Waals surface area contributed by atoms with Crippen LogP contribution in [0.15, 0.2) is 60.9 Å². The molecular weight excluding hydrogens is 260 g/mol. The SMILES string of the molecule is Nc1ccc(C2(c3nncn3-c3ccccc3)CC2)cc1. The molecule has 0 bridgehead atoms.